The SMILES string of the molecule is COc1ccc(Cl)cc1/C(O)=C1/C(=O)C(=O)N(CCc2c[nH]c3ccccc23)C1c1sccc1C. The molecule has 178 valence electrons. The number of Topliss-reactive ketones (excluding diaryl/α,β-unsaturated/α-hetero) is 1. The first-order chi connectivity index (χ1) is 16.9. The molecule has 3 heterocycles. The van der Waals surface area contributed by atoms with E-state index in [4.69, 9.17) is 16.3 Å². The molecule has 1 atom stereocenters. The number of para-hydroxylation sites is 1. The van der Waals surface area contributed by atoms with Crippen LogP contribution in [0.25, 0.3) is 16.7 Å². The monoisotopic (exact) mass is 506 g/mol. The number of ether oxygens (including phenoxy) is 1. The van der Waals surface area contributed by atoms with Crippen molar-refractivity contribution in [2.45, 2.75) is 19.4 Å². The largest absolute Gasteiger partial charge is 0.507 e. The number of methoxy groups -OCH3 is 1. The van der Waals surface area contributed by atoms with Crippen molar-refractivity contribution in [1.82, 2.24) is 9.88 Å². The fourth-order valence-electron chi connectivity index (χ4n) is 4.64. The highest BCUT2D eigenvalue weighted by Crippen LogP contribution is 2.44. The molecule has 1 saturated heterocycles. The second-order valence-corrected chi connectivity index (χ2v) is 9.80. The normalized spacial score (nSPS) is 17.5. The number of carbonyl (C=O) groups excluding carboxylic acids is 2. The predicted octanol–water partition coefficient (Wildman–Crippen LogP) is 5.86. The van der Waals surface area contributed by atoms with Crippen LogP contribution in [-0.4, -0.2) is 40.3 Å². The standard InChI is InChI=1S/C27H23ClN2O4S/c1-15-10-12-35-26(15)23-22(24(31)19-13-17(28)7-8-21(19)34-2)25(32)27(33)30(23)11-9-16-14-29-20-6-4-3-5-18(16)20/h3-8,10,12-14,23,29,31H,9,11H2,1-2H3/b24-22-. The number of nitrogens with zero attached hydrogens (tertiary/aromatic N) is 1. The number of halogens is 1. The highest BCUT2D eigenvalue weighted by Gasteiger charge is 2.47. The van der Waals surface area contributed by atoms with Gasteiger partial charge in [-0.3, -0.25) is 9.59 Å². The van der Waals surface area contributed by atoms with Crippen molar-refractivity contribution < 1.29 is 19.4 Å². The van der Waals surface area contributed by atoms with Crippen LogP contribution < -0.4 is 4.74 Å². The molecule has 35 heavy (non-hydrogen) atoms. The number of likely N-dealkylation sites (tertiary alicyclic amines) is 1. The Bertz CT molecular complexity index is 1490. The summed E-state index contributed by atoms with van der Waals surface area (Å²) in [7, 11) is 1.47. The summed E-state index contributed by atoms with van der Waals surface area (Å²) in [5, 5.41) is 14.7. The Morgan fingerprint density at radius 1 is 1.20 bits per heavy atom. The van der Waals surface area contributed by atoms with Crippen LogP contribution in [0.4, 0.5) is 0 Å². The molecule has 1 aliphatic heterocycles. The number of amides is 1. The average Bonchev–Trinajstić information content (AvgIpc) is 3.54. The van der Waals surface area contributed by atoms with Gasteiger partial charge in [-0.15, -0.1) is 11.3 Å². The van der Waals surface area contributed by atoms with Gasteiger partial charge in [-0.05, 0) is 60.2 Å². The number of rotatable bonds is 6. The summed E-state index contributed by atoms with van der Waals surface area (Å²) < 4.78 is 5.39. The number of aromatic amines is 1. The van der Waals surface area contributed by atoms with Gasteiger partial charge in [0, 0.05) is 33.5 Å². The summed E-state index contributed by atoms with van der Waals surface area (Å²) in [5.41, 5.74) is 3.33. The number of aliphatic hydroxyl groups excluding tert-OH is 1. The molecule has 0 radical (unpaired) electrons. The molecule has 6 nitrogen and oxygen atoms in total. The molecule has 1 amide bonds. The van der Waals surface area contributed by atoms with Crippen LogP contribution in [0.5, 0.6) is 5.75 Å². The third-order valence-electron chi connectivity index (χ3n) is 6.40. The zero-order valence-corrected chi connectivity index (χ0v) is 20.7. The Labute approximate surface area is 211 Å². The van der Waals surface area contributed by atoms with E-state index >= 15 is 0 Å². The van der Waals surface area contributed by atoms with Gasteiger partial charge in [-0.2, -0.15) is 0 Å². The molecule has 4 aromatic rings. The first kappa shape index (κ1) is 23.2. The summed E-state index contributed by atoms with van der Waals surface area (Å²) in [6, 6.07) is 14.0. The Balaban J connectivity index is 1.60. The molecular formula is C27H23ClN2O4S. The van der Waals surface area contributed by atoms with E-state index in [0.717, 1.165) is 26.9 Å². The van der Waals surface area contributed by atoms with Crippen molar-refractivity contribution in [2.24, 2.45) is 0 Å². The number of nitrogens with one attached hydrogen (secondary N) is 1. The Hall–Kier alpha value is -3.55. The second kappa shape index (κ2) is 9.24. The molecule has 1 unspecified atom stereocenters. The highest BCUT2D eigenvalue weighted by atomic mass is 35.5. The van der Waals surface area contributed by atoms with E-state index in [1.54, 1.807) is 17.0 Å². The Morgan fingerprint density at radius 3 is 2.74 bits per heavy atom. The van der Waals surface area contributed by atoms with Gasteiger partial charge in [-0.25, -0.2) is 0 Å². The zero-order valence-electron chi connectivity index (χ0n) is 19.2. The van der Waals surface area contributed by atoms with E-state index in [9.17, 15) is 14.7 Å². The number of aryl methyl sites for hydroxylation is 1. The number of aliphatic hydroxyl groups is 1. The first-order valence-corrected chi connectivity index (χ1v) is 12.4. The topological polar surface area (TPSA) is 82.6 Å². The maximum absolute atomic E-state index is 13.3. The lowest BCUT2D eigenvalue weighted by Gasteiger charge is -2.25. The van der Waals surface area contributed by atoms with E-state index in [2.05, 4.69) is 4.98 Å². The number of fused-ring (bicyclic) bond motifs is 1. The second-order valence-electron chi connectivity index (χ2n) is 8.41. The smallest absolute Gasteiger partial charge is 0.295 e. The summed E-state index contributed by atoms with van der Waals surface area (Å²) >= 11 is 7.64. The zero-order chi connectivity index (χ0) is 24.7. The molecule has 2 N–H and O–H groups in total. The number of H-pyrrole nitrogens is 1. The first-order valence-electron chi connectivity index (χ1n) is 11.1. The number of aromatic nitrogens is 1. The van der Waals surface area contributed by atoms with Crippen LogP contribution in [0.15, 0.2) is 65.7 Å². The van der Waals surface area contributed by atoms with Gasteiger partial charge in [0.15, 0.2) is 0 Å². The lowest BCUT2D eigenvalue weighted by molar-refractivity contribution is -0.139. The number of hydrogen-bond donors (Lipinski definition) is 2. The summed E-state index contributed by atoms with van der Waals surface area (Å²) in [5.74, 6) is -1.29. The molecule has 0 bridgehead atoms. The third-order valence-corrected chi connectivity index (χ3v) is 7.71. The summed E-state index contributed by atoms with van der Waals surface area (Å²) in [4.78, 5) is 32.3. The third kappa shape index (κ3) is 4.00. The van der Waals surface area contributed by atoms with Gasteiger partial charge in [0.2, 0.25) is 0 Å². The van der Waals surface area contributed by atoms with Gasteiger partial charge in [-0.1, -0.05) is 29.8 Å². The Morgan fingerprint density at radius 2 is 2.00 bits per heavy atom. The minimum atomic E-state index is -0.721. The molecule has 8 heteroatoms. The molecule has 2 aromatic carbocycles. The lowest BCUT2D eigenvalue weighted by Crippen LogP contribution is -2.31. The van der Waals surface area contributed by atoms with Crippen LogP contribution in [0, 0.1) is 6.92 Å². The van der Waals surface area contributed by atoms with Gasteiger partial charge >= 0.3 is 0 Å². The summed E-state index contributed by atoms with van der Waals surface area (Å²) in [6.07, 6.45) is 2.49. The lowest BCUT2D eigenvalue weighted by atomic mass is 9.98. The minimum Gasteiger partial charge on any atom is -0.507 e. The fourth-order valence-corrected chi connectivity index (χ4v) is 5.86. The van der Waals surface area contributed by atoms with Gasteiger partial charge in [0.05, 0.1) is 24.3 Å². The number of hydrogen-bond acceptors (Lipinski definition) is 5. The molecule has 0 saturated carbocycles. The molecule has 1 aliphatic rings. The van der Waals surface area contributed by atoms with Crippen LogP contribution in [0.1, 0.15) is 27.6 Å². The van der Waals surface area contributed by atoms with Crippen LogP contribution >= 0.6 is 22.9 Å². The molecule has 2 aromatic heterocycles. The van der Waals surface area contributed by atoms with Crippen molar-refractivity contribution in [3.63, 3.8) is 0 Å². The van der Waals surface area contributed by atoms with Crippen molar-refractivity contribution >= 4 is 51.3 Å². The maximum atomic E-state index is 13.3. The van der Waals surface area contributed by atoms with Crippen LogP contribution in [0.3, 0.4) is 0 Å². The van der Waals surface area contributed by atoms with Gasteiger partial charge in [0.25, 0.3) is 11.7 Å². The van der Waals surface area contributed by atoms with Crippen LogP contribution in [-0.2, 0) is 16.0 Å². The molecule has 5 rings (SSSR count). The predicted molar refractivity (Wildman–Crippen MR) is 138 cm³/mol. The molecular weight excluding hydrogens is 484 g/mol. The molecule has 0 aliphatic carbocycles. The quantitative estimate of drug-likeness (QED) is 0.195. The van der Waals surface area contributed by atoms with Crippen molar-refractivity contribution in [2.75, 3.05) is 13.7 Å². The highest BCUT2D eigenvalue weighted by molar-refractivity contribution is 7.10. The maximum Gasteiger partial charge on any atom is 0.295 e. The van der Waals surface area contributed by atoms with E-state index in [1.165, 1.54) is 24.5 Å². The molecule has 1 fully saturated rings. The minimum absolute atomic E-state index is 0.0417. The van der Waals surface area contributed by atoms with Gasteiger partial charge in [0.1, 0.15) is 11.5 Å². The number of ketones is 1. The van der Waals surface area contributed by atoms with Crippen molar-refractivity contribution in [3.05, 3.63) is 92.3 Å². The van der Waals surface area contributed by atoms with E-state index in [-0.39, 0.29) is 16.9 Å². The van der Waals surface area contributed by atoms with E-state index in [0.29, 0.717) is 23.7 Å². The average molecular weight is 507 g/mol. The summed E-state index contributed by atoms with van der Waals surface area (Å²) in [6.45, 7) is 2.25. The van der Waals surface area contributed by atoms with E-state index in [1.807, 2.05) is 48.8 Å². The fraction of sp³-hybridized carbons (Fsp3) is 0.185. The number of thiophene rings is 1. The van der Waals surface area contributed by atoms with Gasteiger partial charge < -0.3 is 19.7 Å². The number of carbonyl (C=O) groups is 2. The van der Waals surface area contributed by atoms with Crippen molar-refractivity contribution in [1.29, 1.82) is 0 Å². The molecule has 0 spiro atoms. The number of benzene rings is 2. The van der Waals surface area contributed by atoms with Crippen molar-refractivity contribution in [3.8, 4) is 5.75 Å². The van der Waals surface area contributed by atoms with E-state index < -0.39 is 17.7 Å². The Kier molecular flexibility index (Phi) is 6.13. The van der Waals surface area contributed by atoms with Crippen LogP contribution in [0.2, 0.25) is 5.02 Å².